The van der Waals surface area contributed by atoms with Gasteiger partial charge in [-0.15, -0.1) is 5.10 Å². The summed E-state index contributed by atoms with van der Waals surface area (Å²) >= 11 is 0. The summed E-state index contributed by atoms with van der Waals surface area (Å²) in [6.07, 6.45) is 7.62. The van der Waals surface area contributed by atoms with Gasteiger partial charge < -0.3 is 15.7 Å². The van der Waals surface area contributed by atoms with E-state index in [1.165, 1.54) is 23.8 Å². The lowest BCUT2D eigenvalue weighted by Gasteiger charge is -2.22. The highest BCUT2D eigenvalue weighted by atomic mass is 16.3. The van der Waals surface area contributed by atoms with Gasteiger partial charge in [-0.25, -0.2) is 0 Å². The number of nitrogens with one attached hydrogen (secondary N) is 2. The van der Waals surface area contributed by atoms with Gasteiger partial charge in [-0.3, -0.25) is 14.2 Å². The van der Waals surface area contributed by atoms with Crippen LogP contribution in [-0.2, 0) is 6.54 Å². The third-order valence-electron chi connectivity index (χ3n) is 5.58. The highest BCUT2D eigenvalue weighted by molar-refractivity contribution is 5.96. The molecule has 0 radical (unpaired) electrons. The fourth-order valence-electron chi connectivity index (χ4n) is 4.00. The van der Waals surface area contributed by atoms with E-state index >= 15 is 0 Å². The predicted molar refractivity (Wildman–Crippen MR) is 112 cm³/mol. The molecule has 3 N–H and O–H groups in total. The Morgan fingerprint density at radius 1 is 1.17 bits per heavy atom. The van der Waals surface area contributed by atoms with Crippen LogP contribution in [0.4, 0.5) is 5.82 Å². The average Bonchev–Trinajstić information content (AvgIpc) is 3.35. The quantitative estimate of drug-likeness (QED) is 0.715. The van der Waals surface area contributed by atoms with E-state index in [0.29, 0.717) is 24.1 Å². The van der Waals surface area contributed by atoms with Crippen molar-refractivity contribution in [3.63, 3.8) is 0 Å². The summed E-state index contributed by atoms with van der Waals surface area (Å²) in [5, 5.41) is 21.5. The minimum Gasteiger partial charge on any atom is -0.492 e. The molecule has 158 valence electrons. The second-order valence-corrected chi connectivity index (χ2v) is 9.68. The highest BCUT2D eigenvalue weighted by Crippen LogP contribution is 2.26. The minimum absolute atomic E-state index is 0.0919. The molecule has 0 saturated heterocycles. The van der Waals surface area contributed by atoms with Gasteiger partial charge in [0.2, 0.25) is 5.88 Å². The Bertz CT molecular complexity index is 975. The summed E-state index contributed by atoms with van der Waals surface area (Å²) in [6, 6.07) is 2.23. The Balaban J connectivity index is 1.79. The molecule has 1 amide bonds. The first-order valence-electron chi connectivity index (χ1n) is 10.7. The molecule has 2 aromatic rings. The maximum absolute atomic E-state index is 13.2. The molecular weight excluding hydrogens is 370 g/mol. The second-order valence-electron chi connectivity index (χ2n) is 9.68. The van der Waals surface area contributed by atoms with Crippen molar-refractivity contribution in [2.45, 2.75) is 84.3 Å². The van der Waals surface area contributed by atoms with Crippen LogP contribution >= 0.6 is 0 Å². The van der Waals surface area contributed by atoms with Gasteiger partial charge in [0, 0.05) is 24.7 Å². The summed E-state index contributed by atoms with van der Waals surface area (Å²) in [5.41, 5.74) is -0.413. The van der Waals surface area contributed by atoms with Gasteiger partial charge in [0.25, 0.3) is 11.5 Å². The number of hydrogen-bond donors (Lipinski definition) is 3. The summed E-state index contributed by atoms with van der Waals surface area (Å²) < 4.78 is 2.88. The van der Waals surface area contributed by atoms with Gasteiger partial charge >= 0.3 is 0 Å². The van der Waals surface area contributed by atoms with Gasteiger partial charge in [0.15, 0.2) is 11.4 Å². The van der Waals surface area contributed by atoms with Crippen molar-refractivity contribution in [3.8, 4) is 5.88 Å². The fraction of sp³-hybridized carbons (Fsp3) is 0.667. The molecule has 2 heterocycles. The fourth-order valence-corrected chi connectivity index (χ4v) is 4.00. The van der Waals surface area contributed by atoms with Crippen LogP contribution in [0, 0.1) is 5.41 Å². The molecule has 0 atom stereocenters. The number of carbonyl (C=O) groups is 1. The van der Waals surface area contributed by atoms with E-state index in [2.05, 4.69) is 15.7 Å². The summed E-state index contributed by atoms with van der Waals surface area (Å²) in [6.45, 7) is 6.51. The molecule has 2 aliphatic carbocycles. The lowest BCUT2D eigenvalue weighted by Crippen LogP contribution is -2.37. The first-order valence-corrected chi connectivity index (χ1v) is 10.7. The van der Waals surface area contributed by atoms with Crippen molar-refractivity contribution in [2.75, 3.05) is 5.32 Å². The number of anilines is 1. The monoisotopic (exact) mass is 401 g/mol. The predicted octanol–water partition coefficient (Wildman–Crippen LogP) is 2.88. The molecule has 0 spiro atoms. The smallest absolute Gasteiger partial charge is 0.270 e. The van der Waals surface area contributed by atoms with Crippen LogP contribution in [-0.4, -0.2) is 37.3 Å². The molecule has 2 saturated carbocycles. The molecule has 0 aliphatic heterocycles. The van der Waals surface area contributed by atoms with E-state index in [1.54, 1.807) is 10.6 Å². The number of rotatable bonds is 5. The number of aromatic hydroxyl groups is 1. The Labute approximate surface area is 170 Å². The van der Waals surface area contributed by atoms with E-state index in [9.17, 15) is 14.7 Å². The summed E-state index contributed by atoms with van der Waals surface area (Å²) in [4.78, 5) is 25.9. The van der Waals surface area contributed by atoms with Gasteiger partial charge in [-0.1, -0.05) is 40.0 Å². The van der Waals surface area contributed by atoms with Crippen LogP contribution in [0.2, 0.25) is 0 Å². The van der Waals surface area contributed by atoms with Crippen molar-refractivity contribution in [1.82, 2.24) is 19.5 Å². The van der Waals surface area contributed by atoms with Crippen molar-refractivity contribution < 1.29 is 9.90 Å². The zero-order valence-electron chi connectivity index (χ0n) is 17.5. The standard InChI is InChI=1S/C21H31N5O3/c1-21(2,3)12-25-16-11-15(22-13-7-5-4-6-8-13)24-26(16)20(29)17(19(25)28)18(27)23-14-9-10-14/h11,13-14,29H,4-10,12H2,1-3H3,(H,22,24)(H,23,27). The molecule has 4 rings (SSSR count). The van der Waals surface area contributed by atoms with E-state index < -0.39 is 17.3 Å². The van der Waals surface area contributed by atoms with E-state index in [4.69, 9.17) is 0 Å². The maximum atomic E-state index is 13.2. The van der Waals surface area contributed by atoms with E-state index in [0.717, 1.165) is 25.7 Å². The zero-order chi connectivity index (χ0) is 20.8. The molecule has 2 fully saturated rings. The molecule has 0 aromatic carbocycles. The number of amides is 1. The number of hydrogen-bond acceptors (Lipinski definition) is 5. The van der Waals surface area contributed by atoms with Gasteiger partial charge in [0.05, 0.1) is 0 Å². The normalized spacial score (nSPS) is 18.2. The number of aromatic nitrogens is 3. The Kier molecular flexibility index (Phi) is 5.04. The molecule has 0 unspecified atom stereocenters. The molecule has 0 bridgehead atoms. The number of fused-ring (bicyclic) bond motifs is 1. The summed E-state index contributed by atoms with van der Waals surface area (Å²) in [5.74, 6) is -0.309. The van der Waals surface area contributed by atoms with Gasteiger partial charge in [0.1, 0.15) is 5.65 Å². The van der Waals surface area contributed by atoms with Crippen LogP contribution in [0.3, 0.4) is 0 Å². The maximum Gasteiger partial charge on any atom is 0.270 e. The molecule has 2 aliphatic rings. The van der Waals surface area contributed by atoms with Crippen LogP contribution in [0.5, 0.6) is 5.88 Å². The Morgan fingerprint density at radius 3 is 2.48 bits per heavy atom. The zero-order valence-corrected chi connectivity index (χ0v) is 17.5. The molecular formula is C21H31N5O3. The lowest BCUT2D eigenvalue weighted by atomic mass is 9.95. The average molecular weight is 402 g/mol. The van der Waals surface area contributed by atoms with Crippen molar-refractivity contribution in [3.05, 3.63) is 22.0 Å². The highest BCUT2D eigenvalue weighted by Gasteiger charge is 2.30. The number of nitrogens with zero attached hydrogens (tertiary/aromatic N) is 3. The number of carbonyl (C=O) groups excluding carboxylic acids is 1. The first-order chi connectivity index (χ1) is 13.7. The SMILES string of the molecule is CC(C)(C)Cn1c(=O)c(C(=O)NC2CC2)c(O)n2nc(NC3CCCCC3)cc12. The van der Waals surface area contributed by atoms with Crippen molar-refractivity contribution in [1.29, 1.82) is 0 Å². The third kappa shape index (κ3) is 4.26. The van der Waals surface area contributed by atoms with Crippen LogP contribution in [0.15, 0.2) is 10.9 Å². The van der Waals surface area contributed by atoms with Crippen LogP contribution in [0.25, 0.3) is 5.65 Å². The Morgan fingerprint density at radius 2 is 1.86 bits per heavy atom. The van der Waals surface area contributed by atoms with Crippen molar-refractivity contribution >= 4 is 17.4 Å². The molecule has 29 heavy (non-hydrogen) atoms. The third-order valence-corrected chi connectivity index (χ3v) is 5.58. The van der Waals surface area contributed by atoms with E-state index in [-0.39, 0.29) is 17.0 Å². The summed E-state index contributed by atoms with van der Waals surface area (Å²) in [7, 11) is 0. The largest absolute Gasteiger partial charge is 0.492 e. The topological polar surface area (TPSA) is 101 Å². The van der Waals surface area contributed by atoms with Crippen molar-refractivity contribution in [2.24, 2.45) is 5.41 Å². The van der Waals surface area contributed by atoms with Gasteiger partial charge in [-0.05, 0) is 31.1 Å². The Hall–Kier alpha value is -2.51. The lowest BCUT2D eigenvalue weighted by molar-refractivity contribution is 0.0944. The van der Waals surface area contributed by atoms with E-state index in [1.807, 2.05) is 20.8 Å². The first kappa shape index (κ1) is 19.8. The molecule has 2 aromatic heterocycles. The van der Waals surface area contributed by atoms with Gasteiger partial charge in [-0.2, -0.15) is 4.52 Å². The minimum atomic E-state index is -0.531. The van der Waals surface area contributed by atoms with Crippen LogP contribution in [0.1, 0.15) is 76.1 Å². The molecule has 8 nitrogen and oxygen atoms in total. The second kappa shape index (κ2) is 7.39. The van der Waals surface area contributed by atoms with Crippen LogP contribution < -0.4 is 16.2 Å². The molecule has 8 heteroatoms.